The first-order chi connectivity index (χ1) is 15.9. The number of carbonyl (C=O) groups is 1. The Kier molecular flexibility index (Phi) is 7.67. The predicted molar refractivity (Wildman–Crippen MR) is 129 cm³/mol. The minimum Gasteiger partial charge on any atom is -0.334 e. The van der Waals surface area contributed by atoms with Crippen molar-refractivity contribution in [2.75, 3.05) is 39.3 Å². The molecule has 2 heterocycles. The van der Waals surface area contributed by atoms with E-state index in [9.17, 15) is 13.2 Å². The summed E-state index contributed by atoms with van der Waals surface area (Å²) in [7, 11) is -3.51. The molecular weight excluding hydrogens is 436 g/mol. The molecule has 2 aliphatic heterocycles. The van der Waals surface area contributed by atoms with E-state index >= 15 is 0 Å². The van der Waals surface area contributed by atoms with Gasteiger partial charge in [0.15, 0.2) is 0 Å². The van der Waals surface area contributed by atoms with Gasteiger partial charge in [0.2, 0.25) is 10.0 Å². The zero-order valence-corrected chi connectivity index (χ0v) is 20.1. The Hall–Kier alpha value is -2.42. The molecule has 2 saturated heterocycles. The topological polar surface area (TPSA) is 73.0 Å². The van der Waals surface area contributed by atoms with Crippen molar-refractivity contribution in [2.24, 2.45) is 5.92 Å². The summed E-state index contributed by atoms with van der Waals surface area (Å²) >= 11 is 0. The van der Waals surface area contributed by atoms with Crippen molar-refractivity contribution >= 4 is 16.1 Å². The van der Waals surface area contributed by atoms with Crippen molar-refractivity contribution in [1.82, 2.24) is 19.4 Å². The summed E-state index contributed by atoms with van der Waals surface area (Å²) in [5, 5.41) is 2.97. The third kappa shape index (κ3) is 6.13. The number of hydrogen-bond acceptors (Lipinski definition) is 4. The summed E-state index contributed by atoms with van der Waals surface area (Å²) in [4.78, 5) is 17.1. The van der Waals surface area contributed by atoms with E-state index in [2.05, 4.69) is 41.4 Å². The number of piperazine rings is 1. The van der Waals surface area contributed by atoms with Crippen LogP contribution in [-0.4, -0.2) is 67.8 Å². The van der Waals surface area contributed by atoms with Gasteiger partial charge in [-0.2, -0.15) is 4.31 Å². The molecule has 0 spiro atoms. The molecule has 0 aromatic heterocycles. The summed E-state index contributed by atoms with van der Waals surface area (Å²) < 4.78 is 26.9. The lowest BCUT2D eigenvalue weighted by Gasteiger charge is -2.34. The third-order valence-electron chi connectivity index (χ3n) is 6.66. The van der Waals surface area contributed by atoms with E-state index in [-0.39, 0.29) is 6.03 Å². The molecule has 0 aliphatic carbocycles. The fourth-order valence-electron chi connectivity index (χ4n) is 4.40. The van der Waals surface area contributed by atoms with Gasteiger partial charge in [-0.3, -0.25) is 4.90 Å². The Labute approximate surface area is 197 Å². The lowest BCUT2D eigenvalue weighted by molar-refractivity contribution is 0.172. The van der Waals surface area contributed by atoms with Gasteiger partial charge in [-0.25, -0.2) is 13.2 Å². The highest BCUT2D eigenvalue weighted by atomic mass is 32.2. The molecule has 7 nitrogen and oxygen atoms in total. The summed E-state index contributed by atoms with van der Waals surface area (Å²) in [6, 6.07) is 16.7. The molecule has 1 N–H and O–H groups in total. The number of sulfonamides is 1. The largest absolute Gasteiger partial charge is 0.334 e. The lowest BCUT2D eigenvalue weighted by atomic mass is 9.99. The number of nitrogens with one attached hydrogen (secondary N) is 1. The van der Waals surface area contributed by atoms with Gasteiger partial charge in [-0.05, 0) is 55.1 Å². The molecule has 2 aromatic rings. The Morgan fingerprint density at radius 3 is 2.12 bits per heavy atom. The van der Waals surface area contributed by atoms with Crippen LogP contribution in [0.2, 0.25) is 0 Å². The standard InChI is InChI=1S/C25H34N4O3S/c1-21-11-13-27(14-12-21)20-23-9-7-22(8-10-23)19-26-25(30)28-15-17-29(18-16-28)33(31,32)24-5-3-2-4-6-24/h2-10,21H,11-20H2,1H3,(H,26,30). The average molecular weight is 471 g/mol. The van der Waals surface area contributed by atoms with Crippen LogP contribution in [0.1, 0.15) is 30.9 Å². The maximum absolute atomic E-state index is 12.7. The van der Waals surface area contributed by atoms with Gasteiger partial charge >= 0.3 is 6.03 Å². The van der Waals surface area contributed by atoms with Crippen LogP contribution in [0.5, 0.6) is 0 Å². The van der Waals surface area contributed by atoms with Gasteiger partial charge in [-0.15, -0.1) is 0 Å². The zero-order valence-electron chi connectivity index (χ0n) is 19.3. The zero-order chi connectivity index (χ0) is 23.3. The number of rotatable bonds is 6. The number of amides is 2. The summed E-state index contributed by atoms with van der Waals surface area (Å²) in [6.07, 6.45) is 2.55. The number of piperidine rings is 1. The Morgan fingerprint density at radius 2 is 1.48 bits per heavy atom. The maximum Gasteiger partial charge on any atom is 0.317 e. The van der Waals surface area contributed by atoms with Crippen LogP contribution in [0.4, 0.5) is 4.79 Å². The van der Waals surface area contributed by atoms with E-state index in [1.54, 1.807) is 35.2 Å². The van der Waals surface area contributed by atoms with Gasteiger partial charge in [0.25, 0.3) is 0 Å². The van der Waals surface area contributed by atoms with Crippen LogP contribution in [0.3, 0.4) is 0 Å². The van der Waals surface area contributed by atoms with Crippen LogP contribution in [0.15, 0.2) is 59.5 Å². The highest BCUT2D eigenvalue weighted by Crippen LogP contribution is 2.19. The number of likely N-dealkylation sites (tertiary alicyclic amines) is 1. The quantitative estimate of drug-likeness (QED) is 0.704. The Balaban J connectivity index is 1.22. The van der Waals surface area contributed by atoms with Crippen molar-refractivity contribution in [3.63, 3.8) is 0 Å². The van der Waals surface area contributed by atoms with Crippen LogP contribution in [-0.2, 0) is 23.1 Å². The molecule has 0 unspecified atom stereocenters. The number of benzene rings is 2. The fraction of sp³-hybridized carbons (Fsp3) is 0.480. The second-order valence-corrected chi connectivity index (χ2v) is 11.1. The highest BCUT2D eigenvalue weighted by molar-refractivity contribution is 7.89. The van der Waals surface area contributed by atoms with Crippen LogP contribution in [0, 0.1) is 5.92 Å². The van der Waals surface area contributed by atoms with Gasteiger partial charge in [0.1, 0.15) is 0 Å². The van der Waals surface area contributed by atoms with Crippen molar-refractivity contribution in [3.8, 4) is 0 Å². The SMILES string of the molecule is CC1CCN(Cc2ccc(CNC(=O)N3CCN(S(=O)(=O)c4ccccc4)CC3)cc2)CC1. The minimum absolute atomic E-state index is 0.154. The first kappa shape index (κ1) is 23.7. The smallest absolute Gasteiger partial charge is 0.317 e. The molecule has 0 saturated carbocycles. The number of carbonyl (C=O) groups excluding carboxylic acids is 1. The van der Waals surface area contributed by atoms with E-state index in [1.807, 2.05) is 0 Å². The normalized spacial score (nSPS) is 18.9. The average Bonchev–Trinajstić information content (AvgIpc) is 2.85. The molecule has 33 heavy (non-hydrogen) atoms. The third-order valence-corrected chi connectivity index (χ3v) is 8.57. The van der Waals surface area contributed by atoms with Crippen LogP contribution < -0.4 is 5.32 Å². The van der Waals surface area contributed by atoms with Crippen LogP contribution >= 0.6 is 0 Å². The Bertz CT molecular complexity index is 1010. The van der Waals surface area contributed by atoms with Crippen molar-refractivity contribution in [1.29, 1.82) is 0 Å². The minimum atomic E-state index is -3.51. The van der Waals surface area contributed by atoms with Crippen molar-refractivity contribution < 1.29 is 13.2 Å². The lowest BCUT2D eigenvalue weighted by Crippen LogP contribution is -2.52. The molecular formula is C25H34N4O3S. The van der Waals surface area contributed by atoms with Gasteiger partial charge < -0.3 is 10.2 Å². The molecule has 2 amide bonds. The summed E-state index contributed by atoms with van der Waals surface area (Å²) in [5.74, 6) is 0.837. The van der Waals surface area contributed by atoms with Gasteiger partial charge in [0.05, 0.1) is 4.90 Å². The molecule has 4 rings (SSSR count). The first-order valence-corrected chi connectivity index (χ1v) is 13.2. The molecule has 0 radical (unpaired) electrons. The number of urea groups is 1. The van der Waals surface area contributed by atoms with Crippen molar-refractivity contribution in [3.05, 3.63) is 65.7 Å². The molecule has 178 valence electrons. The summed E-state index contributed by atoms with van der Waals surface area (Å²) in [6.45, 7) is 7.46. The molecule has 2 aliphatic rings. The van der Waals surface area contributed by atoms with Gasteiger partial charge in [0, 0.05) is 39.3 Å². The fourth-order valence-corrected chi connectivity index (χ4v) is 5.85. The molecule has 0 bridgehead atoms. The molecule has 2 aromatic carbocycles. The molecule has 0 atom stereocenters. The van der Waals surface area contributed by atoms with E-state index in [4.69, 9.17) is 0 Å². The van der Waals surface area contributed by atoms with E-state index in [1.165, 1.54) is 35.8 Å². The second-order valence-electron chi connectivity index (χ2n) is 9.14. The maximum atomic E-state index is 12.7. The predicted octanol–water partition coefficient (Wildman–Crippen LogP) is 3.13. The summed E-state index contributed by atoms with van der Waals surface area (Å²) in [5.41, 5.74) is 2.36. The van der Waals surface area contributed by atoms with Crippen molar-refractivity contribution in [2.45, 2.75) is 37.8 Å². The van der Waals surface area contributed by atoms with E-state index in [0.717, 1.165) is 18.0 Å². The van der Waals surface area contributed by atoms with E-state index in [0.29, 0.717) is 37.6 Å². The molecule has 8 heteroatoms. The van der Waals surface area contributed by atoms with Crippen LogP contribution in [0.25, 0.3) is 0 Å². The van der Waals surface area contributed by atoms with E-state index < -0.39 is 10.0 Å². The van der Waals surface area contributed by atoms with Gasteiger partial charge in [-0.1, -0.05) is 49.4 Å². The highest BCUT2D eigenvalue weighted by Gasteiger charge is 2.29. The first-order valence-electron chi connectivity index (χ1n) is 11.8. The molecule has 2 fully saturated rings. The number of hydrogen-bond donors (Lipinski definition) is 1. The Morgan fingerprint density at radius 1 is 0.879 bits per heavy atom. The second kappa shape index (κ2) is 10.7. The number of nitrogens with zero attached hydrogens (tertiary/aromatic N) is 3. The monoisotopic (exact) mass is 470 g/mol.